The molecule has 1 aliphatic heterocycles. The van der Waals surface area contributed by atoms with Crippen LogP contribution in [-0.2, 0) is 9.59 Å². The predicted molar refractivity (Wildman–Crippen MR) is 65.2 cm³/mol. The van der Waals surface area contributed by atoms with E-state index in [2.05, 4.69) is 19.2 Å². The number of imide groups is 1. The highest BCUT2D eigenvalue weighted by Crippen LogP contribution is 2.63. The van der Waals surface area contributed by atoms with Gasteiger partial charge in [-0.3, -0.25) is 14.5 Å². The lowest BCUT2D eigenvalue weighted by Crippen LogP contribution is -2.38. The molecule has 96 valence electrons. The molecule has 0 aromatic carbocycles. The van der Waals surface area contributed by atoms with Gasteiger partial charge >= 0.3 is 0 Å². The van der Waals surface area contributed by atoms with Crippen LogP contribution in [0.2, 0.25) is 0 Å². The highest BCUT2D eigenvalue weighted by molar-refractivity contribution is 6.10. The fraction of sp³-hybridized carbons (Fsp3) is 0.846. The number of amides is 2. The average molecular weight is 238 g/mol. The maximum absolute atomic E-state index is 12.0. The smallest absolute Gasteiger partial charge is 0.233 e. The van der Waals surface area contributed by atoms with E-state index < -0.39 is 0 Å². The lowest BCUT2D eigenvalue weighted by atomic mass is 10.1. The van der Waals surface area contributed by atoms with Crippen molar-refractivity contribution in [3.05, 3.63) is 0 Å². The molecule has 2 amide bonds. The molecule has 1 saturated heterocycles. The first kappa shape index (κ1) is 12.6. The zero-order chi connectivity index (χ0) is 12.8. The molecule has 2 atom stereocenters. The lowest BCUT2D eigenvalue weighted by Gasteiger charge is -2.20. The maximum atomic E-state index is 12.0. The summed E-state index contributed by atoms with van der Waals surface area (Å²) in [6, 6.07) is 0.451. The van der Waals surface area contributed by atoms with Gasteiger partial charge in [0.05, 0.1) is 11.8 Å². The average Bonchev–Trinajstić information content (AvgIpc) is 2.68. The summed E-state index contributed by atoms with van der Waals surface area (Å²) < 4.78 is 0. The van der Waals surface area contributed by atoms with Crippen LogP contribution in [0.15, 0.2) is 0 Å². The Labute approximate surface area is 103 Å². The van der Waals surface area contributed by atoms with Gasteiger partial charge in [-0.2, -0.15) is 0 Å². The third-order valence-electron chi connectivity index (χ3n) is 4.00. The number of likely N-dealkylation sites (tertiary alicyclic amines) is 1. The minimum absolute atomic E-state index is 0.0342. The van der Waals surface area contributed by atoms with E-state index in [1.807, 2.05) is 13.8 Å². The van der Waals surface area contributed by atoms with Gasteiger partial charge in [0, 0.05) is 12.6 Å². The highest BCUT2D eigenvalue weighted by atomic mass is 16.2. The Morgan fingerprint density at radius 2 is 1.76 bits per heavy atom. The summed E-state index contributed by atoms with van der Waals surface area (Å²) in [6.07, 6.45) is 0.843. The zero-order valence-corrected chi connectivity index (χ0v) is 11.1. The van der Waals surface area contributed by atoms with E-state index in [0.717, 1.165) is 13.0 Å². The van der Waals surface area contributed by atoms with E-state index in [0.29, 0.717) is 12.6 Å². The molecule has 4 heteroatoms. The summed E-state index contributed by atoms with van der Waals surface area (Å²) in [6.45, 7) is 9.62. The number of fused-ring (bicyclic) bond motifs is 1. The van der Waals surface area contributed by atoms with Crippen molar-refractivity contribution >= 4 is 11.8 Å². The van der Waals surface area contributed by atoms with Crippen LogP contribution in [0.4, 0.5) is 0 Å². The Morgan fingerprint density at radius 1 is 1.24 bits per heavy atom. The fourth-order valence-electron chi connectivity index (χ4n) is 2.85. The molecular formula is C13H22N2O2. The van der Waals surface area contributed by atoms with Crippen molar-refractivity contribution in [2.75, 3.05) is 13.1 Å². The second kappa shape index (κ2) is 4.09. The topological polar surface area (TPSA) is 49.4 Å². The van der Waals surface area contributed by atoms with E-state index in [9.17, 15) is 9.59 Å². The molecule has 0 bridgehead atoms. The molecular weight excluding hydrogens is 216 g/mol. The normalized spacial score (nSPS) is 30.1. The number of hydrogen-bond donors (Lipinski definition) is 1. The van der Waals surface area contributed by atoms with Gasteiger partial charge in [-0.05, 0) is 18.4 Å². The van der Waals surface area contributed by atoms with E-state index >= 15 is 0 Å². The molecule has 2 unspecified atom stereocenters. The number of carbonyl (C=O) groups is 2. The summed E-state index contributed by atoms with van der Waals surface area (Å²) >= 11 is 0. The van der Waals surface area contributed by atoms with E-state index in [1.165, 1.54) is 4.90 Å². The maximum Gasteiger partial charge on any atom is 0.233 e. The van der Waals surface area contributed by atoms with Gasteiger partial charge < -0.3 is 5.32 Å². The van der Waals surface area contributed by atoms with Gasteiger partial charge in [0.2, 0.25) is 11.8 Å². The molecule has 4 nitrogen and oxygen atoms in total. The highest BCUT2D eigenvalue weighted by Gasteiger charge is 2.72. The molecule has 0 radical (unpaired) electrons. The molecule has 2 fully saturated rings. The summed E-state index contributed by atoms with van der Waals surface area (Å²) in [5.41, 5.74) is -0.0825. The number of rotatable bonds is 5. The lowest BCUT2D eigenvalue weighted by molar-refractivity contribution is -0.143. The van der Waals surface area contributed by atoms with Crippen molar-refractivity contribution < 1.29 is 9.59 Å². The Bertz CT molecular complexity index is 325. The van der Waals surface area contributed by atoms with Crippen LogP contribution in [0.3, 0.4) is 0 Å². The van der Waals surface area contributed by atoms with Crippen molar-refractivity contribution in [1.29, 1.82) is 0 Å². The van der Waals surface area contributed by atoms with Crippen LogP contribution in [0, 0.1) is 17.3 Å². The molecule has 2 aliphatic rings. The third-order valence-corrected chi connectivity index (χ3v) is 4.00. The molecule has 0 spiro atoms. The van der Waals surface area contributed by atoms with Crippen LogP contribution in [0.5, 0.6) is 0 Å². The molecule has 17 heavy (non-hydrogen) atoms. The molecule has 1 saturated carbocycles. The summed E-state index contributed by atoms with van der Waals surface area (Å²) in [4.78, 5) is 25.4. The summed E-state index contributed by atoms with van der Waals surface area (Å²) in [5.74, 6) is 0.0326. The van der Waals surface area contributed by atoms with Crippen molar-refractivity contribution in [3.8, 4) is 0 Å². The Morgan fingerprint density at radius 3 is 2.24 bits per heavy atom. The number of nitrogens with one attached hydrogen (secondary N) is 1. The molecule has 0 aromatic heterocycles. The first-order valence-corrected chi connectivity index (χ1v) is 6.46. The minimum Gasteiger partial charge on any atom is -0.314 e. The number of hydrogen-bond acceptors (Lipinski definition) is 3. The molecule has 1 N–H and O–H groups in total. The van der Waals surface area contributed by atoms with Crippen molar-refractivity contribution in [1.82, 2.24) is 10.2 Å². The van der Waals surface area contributed by atoms with Crippen molar-refractivity contribution in [3.63, 3.8) is 0 Å². The summed E-state index contributed by atoms with van der Waals surface area (Å²) in [5, 5.41) is 3.29. The van der Waals surface area contributed by atoms with E-state index in [-0.39, 0.29) is 29.1 Å². The Hall–Kier alpha value is -0.900. The molecule has 0 aromatic rings. The SMILES string of the molecule is CC(C)NCCCN1C(=O)C2C(C1=O)C2(C)C. The van der Waals surface area contributed by atoms with Gasteiger partial charge in [-0.15, -0.1) is 0 Å². The first-order valence-electron chi connectivity index (χ1n) is 6.46. The van der Waals surface area contributed by atoms with E-state index in [4.69, 9.17) is 0 Å². The quantitative estimate of drug-likeness (QED) is 0.574. The Balaban J connectivity index is 1.81. The Kier molecular flexibility index (Phi) is 3.02. The van der Waals surface area contributed by atoms with E-state index in [1.54, 1.807) is 0 Å². The van der Waals surface area contributed by atoms with Crippen molar-refractivity contribution in [2.24, 2.45) is 17.3 Å². The van der Waals surface area contributed by atoms with Gasteiger partial charge in [0.1, 0.15) is 0 Å². The van der Waals surface area contributed by atoms with Crippen LogP contribution in [-0.4, -0.2) is 35.8 Å². The first-order chi connectivity index (χ1) is 7.87. The van der Waals surface area contributed by atoms with Crippen molar-refractivity contribution in [2.45, 2.75) is 40.2 Å². The standard InChI is InChI=1S/C13H22N2O2/c1-8(2)14-6-5-7-15-11(16)9-10(12(15)17)13(9,3)4/h8-10,14H,5-7H2,1-4H3. The second-order valence-corrected chi connectivity index (χ2v) is 6.07. The fourth-order valence-corrected chi connectivity index (χ4v) is 2.85. The minimum atomic E-state index is -0.0825. The number of carbonyl (C=O) groups excluding carboxylic acids is 2. The summed E-state index contributed by atoms with van der Waals surface area (Å²) in [7, 11) is 0. The number of piperidine rings is 1. The van der Waals surface area contributed by atoms with Crippen LogP contribution >= 0.6 is 0 Å². The number of nitrogens with zero attached hydrogens (tertiary/aromatic N) is 1. The second-order valence-electron chi connectivity index (χ2n) is 6.07. The predicted octanol–water partition coefficient (Wildman–Crippen LogP) is 1.02. The van der Waals surface area contributed by atoms with Gasteiger partial charge in [0.15, 0.2) is 0 Å². The van der Waals surface area contributed by atoms with Crippen LogP contribution < -0.4 is 5.32 Å². The third kappa shape index (κ3) is 1.99. The molecule has 2 rings (SSSR count). The largest absolute Gasteiger partial charge is 0.314 e. The zero-order valence-electron chi connectivity index (χ0n) is 11.1. The van der Waals surface area contributed by atoms with Crippen LogP contribution in [0.25, 0.3) is 0 Å². The van der Waals surface area contributed by atoms with Gasteiger partial charge in [-0.25, -0.2) is 0 Å². The molecule has 1 heterocycles. The molecule has 1 aliphatic carbocycles. The van der Waals surface area contributed by atoms with Gasteiger partial charge in [-0.1, -0.05) is 27.7 Å². The van der Waals surface area contributed by atoms with Crippen LogP contribution in [0.1, 0.15) is 34.1 Å². The van der Waals surface area contributed by atoms with Gasteiger partial charge in [0.25, 0.3) is 0 Å². The monoisotopic (exact) mass is 238 g/mol.